The fourth-order valence-corrected chi connectivity index (χ4v) is 2.00. The van der Waals surface area contributed by atoms with Crippen LogP contribution in [0.5, 0.6) is 0 Å². The van der Waals surface area contributed by atoms with Crippen molar-refractivity contribution in [3.8, 4) is 0 Å². The second-order valence-electron chi connectivity index (χ2n) is 5.02. The van der Waals surface area contributed by atoms with E-state index in [1.165, 1.54) is 18.5 Å². The summed E-state index contributed by atoms with van der Waals surface area (Å²) in [5, 5.41) is 3.56. The molecular weight excluding hydrogens is 222 g/mol. The molecule has 1 atom stereocenters. The van der Waals surface area contributed by atoms with E-state index >= 15 is 0 Å². The number of rotatable bonds is 9. The zero-order valence-electron chi connectivity index (χ0n) is 12.0. The van der Waals surface area contributed by atoms with Gasteiger partial charge in [0.05, 0.1) is 0 Å². The minimum Gasteiger partial charge on any atom is -0.313 e. The van der Waals surface area contributed by atoms with Crippen LogP contribution >= 0.6 is 0 Å². The first-order valence-electron chi connectivity index (χ1n) is 7.04. The third-order valence-electron chi connectivity index (χ3n) is 3.18. The predicted octanol–water partition coefficient (Wildman–Crippen LogP) is 2.33. The van der Waals surface area contributed by atoms with E-state index in [-0.39, 0.29) is 0 Å². The van der Waals surface area contributed by atoms with Gasteiger partial charge in [-0.2, -0.15) is 0 Å². The standard InChI is InChI=1S/C15H27N3/c1-4-7-14(2)16-11-13-18(3)12-9-15-8-5-6-10-17-15/h5-6,8,10,14,16H,4,7,9,11-13H2,1-3H3. The Bertz CT molecular complexity index is 300. The number of hydrogen-bond donors (Lipinski definition) is 1. The van der Waals surface area contributed by atoms with Gasteiger partial charge >= 0.3 is 0 Å². The predicted molar refractivity (Wildman–Crippen MR) is 77.8 cm³/mol. The molecule has 0 aliphatic rings. The normalized spacial score (nSPS) is 12.9. The second-order valence-corrected chi connectivity index (χ2v) is 5.02. The lowest BCUT2D eigenvalue weighted by Gasteiger charge is -2.19. The minimum atomic E-state index is 0.638. The highest BCUT2D eigenvalue weighted by Gasteiger charge is 2.02. The van der Waals surface area contributed by atoms with Crippen molar-refractivity contribution >= 4 is 0 Å². The summed E-state index contributed by atoms with van der Waals surface area (Å²) in [7, 11) is 2.18. The Kier molecular flexibility index (Phi) is 7.62. The Morgan fingerprint density at radius 3 is 2.83 bits per heavy atom. The highest BCUT2D eigenvalue weighted by Crippen LogP contribution is 1.97. The molecule has 102 valence electrons. The van der Waals surface area contributed by atoms with Crippen LogP contribution in [0.3, 0.4) is 0 Å². The quantitative estimate of drug-likeness (QED) is 0.728. The monoisotopic (exact) mass is 249 g/mol. The topological polar surface area (TPSA) is 28.2 Å². The Morgan fingerprint density at radius 1 is 1.33 bits per heavy atom. The van der Waals surface area contributed by atoms with Crippen molar-refractivity contribution in [2.24, 2.45) is 0 Å². The molecular formula is C15H27N3. The summed E-state index contributed by atoms with van der Waals surface area (Å²) in [4.78, 5) is 6.70. The lowest BCUT2D eigenvalue weighted by molar-refractivity contribution is 0.326. The molecule has 0 amide bonds. The Labute approximate surface area is 112 Å². The van der Waals surface area contributed by atoms with Gasteiger partial charge in [-0.1, -0.05) is 19.4 Å². The van der Waals surface area contributed by atoms with E-state index in [9.17, 15) is 0 Å². The van der Waals surface area contributed by atoms with Gasteiger partial charge in [0.15, 0.2) is 0 Å². The average molecular weight is 249 g/mol. The summed E-state index contributed by atoms with van der Waals surface area (Å²) in [6.07, 6.45) is 5.41. The van der Waals surface area contributed by atoms with Crippen LogP contribution in [0.4, 0.5) is 0 Å². The van der Waals surface area contributed by atoms with Gasteiger partial charge in [-0.25, -0.2) is 0 Å². The van der Waals surface area contributed by atoms with Crippen LogP contribution in [0, 0.1) is 0 Å². The van der Waals surface area contributed by atoms with E-state index in [1.54, 1.807) is 0 Å². The summed E-state index contributed by atoms with van der Waals surface area (Å²) in [5.41, 5.74) is 1.18. The number of nitrogens with zero attached hydrogens (tertiary/aromatic N) is 2. The highest BCUT2D eigenvalue weighted by molar-refractivity contribution is 5.03. The molecule has 1 rings (SSSR count). The Morgan fingerprint density at radius 2 is 2.17 bits per heavy atom. The average Bonchev–Trinajstić information content (AvgIpc) is 2.38. The van der Waals surface area contributed by atoms with Crippen molar-refractivity contribution in [2.75, 3.05) is 26.7 Å². The van der Waals surface area contributed by atoms with Gasteiger partial charge in [0, 0.05) is 44.0 Å². The van der Waals surface area contributed by atoms with Crippen LogP contribution in [-0.2, 0) is 6.42 Å². The molecule has 0 aliphatic carbocycles. The molecule has 0 aromatic carbocycles. The van der Waals surface area contributed by atoms with Crippen LogP contribution in [-0.4, -0.2) is 42.6 Å². The molecule has 0 saturated heterocycles. The van der Waals surface area contributed by atoms with E-state index in [4.69, 9.17) is 0 Å². The smallest absolute Gasteiger partial charge is 0.0416 e. The van der Waals surface area contributed by atoms with Crippen LogP contribution in [0.25, 0.3) is 0 Å². The van der Waals surface area contributed by atoms with Crippen molar-refractivity contribution in [1.29, 1.82) is 0 Å². The zero-order chi connectivity index (χ0) is 13.2. The van der Waals surface area contributed by atoms with E-state index in [0.29, 0.717) is 6.04 Å². The molecule has 1 aromatic rings. The van der Waals surface area contributed by atoms with Crippen LogP contribution in [0.2, 0.25) is 0 Å². The summed E-state index contributed by atoms with van der Waals surface area (Å²) in [6, 6.07) is 6.75. The Hall–Kier alpha value is -0.930. The van der Waals surface area contributed by atoms with Crippen molar-refractivity contribution in [3.63, 3.8) is 0 Å². The van der Waals surface area contributed by atoms with E-state index in [0.717, 1.165) is 26.1 Å². The molecule has 3 heteroatoms. The summed E-state index contributed by atoms with van der Waals surface area (Å²) < 4.78 is 0. The van der Waals surface area contributed by atoms with Gasteiger partial charge in [0.2, 0.25) is 0 Å². The maximum atomic E-state index is 4.34. The van der Waals surface area contributed by atoms with Gasteiger partial charge in [0.1, 0.15) is 0 Å². The van der Waals surface area contributed by atoms with Crippen molar-refractivity contribution < 1.29 is 0 Å². The zero-order valence-corrected chi connectivity index (χ0v) is 12.0. The largest absolute Gasteiger partial charge is 0.313 e. The first-order valence-corrected chi connectivity index (χ1v) is 7.04. The molecule has 1 N–H and O–H groups in total. The van der Waals surface area contributed by atoms with Crippen LogP contribution in [0.1, 0.15) is 32.4 Å². The summed E-state index contributed by atoms with van der Waals surface area (Å²) in [6.45, 7) is 7.73. The van der Waals surface area contributed by atoms with Crippen molar-refractivity contribution in [1.82, 2.24) is 15.2 Å². The van der Waals surface area contributed by atoms with Crippen molar-refractivity contribution in [3.05, 3.63) is 30.1 Å². The van der Waals surface area contributed by atoms with Gasteiger partial charge < -0.3 is 10.2 Å². The maximum Gasteiger partial charge on any atom is 0.0416 e. The SMILES string of the molecule is CCCC(C)NCCN(C)CCc1ccccn1. The number of nitrogens with one attached hydrogen (secondary N) is 1. The maximum absolute atomic E-state index is 4.34. The van der Waals surface area contributed by atoms with E-state index < -0.39 is 0 Å². The van der Waals surface area contributed by atoms with Crippen molar-refractivity contribution in [2.45, 2.75) is 39.2 Å². The third-order valence-corrected chi connectivity index (χ3v) is 3.18. The first kappa shape index (κ1) is 15.1. The fourth-order valence-electron chi connectivity index (χ4n) is 2.00. The molecule has 0 radical (unpaired) electrons. The molecule has 0 fully saturated rings. The second kappa shape index (κ2) is 9.06. The van der Waals surface area contributed by atoms with E-state index in [2.05, 4.69) is 48.2 Å². The number of pyridine rings is 1. The lowest BCUT2D eigenvalue weighted by Crippen LogP contribution is -2.35. The molecule has 0 saturated carbocycles. The first-order chi connectivity index (χ1) is 8.72. The van der Waals surface area contributed by atoms with E-state index in [1.807, 2.05) is 12.3 Å². The van der Waals surface area contributed by atoms with Crippen LogP contribution < -0.4 is 5.32 Å². The van der Waals surface area contributed by atoms with Crippen LogP contribution in [0.15, 0.2) is 24.4 Å². The lowest BCUT2D eigenvalue weighted by atomic mass is 10.2. The molecule has 18 heavy (non-hydrogen) atoms. The molecule has 0 aliphatic heterocycles. The number of aromatic nitrogens is 1. The summed E-state index contributed by atoms with van der Waals surface area (Å²) in [5.74, 6) is 0. The molecule has 1 aromatic heterocycles. The molecule has 3 nitrogen and oxygen atoms in total. The highest BCUT2D eigenvalue weighted by atomic mass is 15.1. The molecule has 0 bridgehead atoms. The molecule has 1 unspecified atom stereocenters. The molecule has 1 heterocycles. The number of hydrogen-bond acceptors (Lipinski definition) is 3. The number of likely N-dealkylation sites (N-methyl/N-ethyl adjacent to an activating group) is 1. The fraction of sp³-hybridized carbons (Fsp3) is 0.667. The summed E-state index contributed by atoms with van der Waals surface area (Å²) >= 11 is 0. The van der Waals surface area contributed by atoms with Gasteiger partial charge in [-0.15, -0.1) is 0 Å². The minimum absolute atomic E-state index is 0.638. The van der Waals surface area contributed by atoms with Gasteiger partial charge in [-0.3, -0.25) is 4.98 Å². The van der Waals surface area contributed by atoms with Gasteiger partial charge in [-0.05, 0) is 32.5 Å². The Balaban J connectivity index is 2.09. The van der Waals surface area contributed by atoms with Gasteiger partial charge in [0.25, 0.3) is 0 Å². The molecule has 0 spiro atoms. The third kappa shape index (κ3) is 6.72.